The zero-order valence-electron chi connectivity index (χ0n) is 10.8. The highest BCUT2D eigenvalue weighted by molar-refractivity contribution is 5.91. The summed E-state index contributed by atoms with van der Waals surface area (Å²) >= 11 is 0. The number of halogens is 1. The Hall–Kier alpha value is -2.06. The van der Waals surface area contributed by atoms with Gasteiger partial charge in [-0.25, -0.2) is 0 Å². The van der Waals surface area contributed by atoms with Crippen LogP contribution >= 0.6 is 0 Å². The van der Waals surface area contributed by atoms with Gasteiger partial charge in [0, 0.05) is 30.9 Å². The number of hydrogen-bond donors (Lipinski definition) is 2. The Morgan fingerprint density at radius 3 is 2.80 bits per heavy atom. The fraction of sp³-hybridized carbons (Fsp3) is 0.417. The minimum Gasteiger partial charge on any atom is -0.363 e. The number of rotatable bonds is 5. The number of anilines is 1. The van der Waals surface area contributed by atoms with E-state index in [1.54, 1.807) is 0 Å². The maximum absolute atomic E-state index is 13.4. The number of ether oxygens (including phenoxy) is 1. The van der Waals surface area contributed by atoms with Crippen LogP contribution < -0.4 is 10.6 Å². The van der Waals surface area contributed by atoms with Gasteiger partial charge in [-0.3, -0.25) is 14.9 Å². The molecule has 0 aromatic heterocycles. The van der Waals surface area contributed by atoms with Crippen molar-refractivity contribution in [3.8, 4) is 0 Å². The Kier molecular flexibility index (Phi) is 3.96. The Balaban J connectivity index is 1.91. The smallest absolute Gasteiger partial charge is 0.304 e. The summed E-state index contributed by atoms with van der Waals surface area (Å²) in [5.74, 6) is -1.43. The lowest BCUT2D eigenvalue weighted by Gasteiger charge is -2.38. The van der Waals surface area contributed by atoms with E-state index in [1.165, 1.54) is 6.07 Å². The largest absolute Gasteiger partial charge is 0.363 e. The summed E-state index contributed by atoms with van der Waals surface area (Å²) in [5.41, 5.74) is -0.830. The van der Waals surface area contributed by atoms with Crippen molar-refractivity contribution >= 4 is 17.3 Å². The molecule has 0 aliphatic carbocycles. The first kappa shape index (κ1) is 14.4. The lowest BCUT2D eigenvalue weighted by Crippen LogP contribution is -2.59. The van der Waals surface area contributed by atoms with Gasteiger partial charge in [0.2, 0.25) is 11.7 Å². The molecule has 8 heteroatoms. The standard InChI is InChI=1S/C12H14FN3O4/c1-12(6-14-7-12)20-5-11(17)15-8-2-3-10(16(18)19)9(13)4-8/h2-4,14H,5-7H2,1H3,(H,15,17). The number of benzene rings is 1. The van der Waals surface area contributed by atoms with Crippen LogP contribution in [0.1, 0.15) is 6.92 Å². The van der Waals surface area contributed by atoms with Crippen LogP contribution in [0.4, 0.5) is 15.8 Å². The molecule has 0 bridgehead atoms. The summed E-state index contributed by atoms with van der Waals surface area (Å²) in [6, 6.07) is 3.18. The molecule has 7 nitrogen and oxygen atoms in total. The highest BCUT2D eigenvalue weighted by Crippen LogP contribution is 2.21. The Bertz CT molecular complexity index is 546. The van der Waals surface area contributed by atoms with E-state index in [0.717, 1.165) is 12.1 Å². The summed E-state index contributed by atoms with van der Waals surface area (Å²) in [6.07, 6.45) is 0. The van der Waals surface area contributed by atoms with Gasteiger partial charge in [-0.1, -0.05) is 0 Å². The summed E-state index contributed by atoms with van der Waals surface area (Å²) in [7, 11) is 0. The maximum atomic E-state index is 13.4. The molecule has 108 valence electrons. The number of nitro benzene ring substituents is 1. The quantitative estimate of drug-likeness (QED) is 0.622. The molecule has 0 saturated carbocycles. The molecule has 1 aromatic carbocycles. The van der Waals surface area contributed by atoms with Crippen molar-refractivity contribution in [1.29, 1.82) is 0 Å². The van der Waals surface area contributed by atoms with Crippen LogP contribution in [-0.2, 0) is 9.53 Å². The summed E-state index contributed by atoms with van der Waals surface area (Å²) in [5, 5.41) is 15.9. The van der Waals surface area contributed by atoms with Gasteiger partial charge in [0.25, 0.3) is 0 Å². The average molecular weight is 283 g/mol. The first-order valence-corrected chi connectivity index (χ1v) is 5.98. The van der Waals surface area contributed by atoms with Crippen LogP contribution in [0, 0.1) is 15.9 Å². The van der Waals surface area contributed by atoms with Crippen LogP contribution in [0.5, 0.6) is 0 Å². The second-order valence-corrected chi connectivity index (χ2v) is 4.81. The molecule has 0 atom stereocenters. The summed E-state index contributed by atoms with van der Waals surface area (Å²) < 4.78 is 18.8. The zero-order valence-corrected chi connectivity index (χ0v) is 10.8. The minimum atomic E-state index is -0.996. The van der Waals surface area contributed by atoms with Gasteiger partial charge in [-0.2, -0.15) is 4.39 Å². The van der Waals surface area contributed by atoms with E-state index in [-0.39, 0.29) is 17.9 Å². The topological polar surface area (TPSA) is 93.5 Å². The van der Waals surface area contributed by atoms with Crippen LogP contribution in [0.25, 0.3) is 0 Å². The van der Waals surface area contributed by atoms with Crippen molar-refractivity contribution in [2.45, 2.75) is 12.5 Å². The minimum absolute atomic E-state index is 0.151. The molecule has 0 spiro atoms. The first-order valence-electron chi connectivity index (χ1n) is 5.98. The van der Waals surface area contributed by atoms with E-state index in [4.69, 9.17) is 4.74 Å². The second-order valence-electron chi connectivity index (χ2n) is 4.81. The molecule has 0 unspecified atom stereocenters. The Morgan fingerprint density at radius 1 is 1.60 bits per heavy atom. The third kappa shape index (κ3) is 3.28. The van der Waals surface area contributed by atoms with E-state index in [2.05, 4.69) is 10.6 Å². The van der Waals surface area contributed by atoms with Crippen molar-refractivity contribution in [3.05, 3.63) is 34.1 Å². The average Bonchev–Trinajstić information content (AvgIpc) is 2.33. The molecule has 1 aromatic rings. The van der Waals surface area contributed by atoms with Crippen molar-refractivity contribution in [3.63, 3.8) is 0 Å². The van der Waals surface area contributed by atoms with Gasteiger partial charge in [0.1, 0.15) is 6.61 Å². The van der Waals surface area contributed by atoms with Crippen LogP contribution in [-0.4, -0.2) is 36.1 Å². The van der Waals surface area contributed by atoms with Crippen LogP contribution in [0.3, 0.4) is 0 Å². The first-order chi connectivity index (χ1) is 9.39. The molecule has 1 amide bonds. The molecular formula is C12H14FN3O4. The Labute approximate surface area is 114 Å². The van der Waals surface area contributed by atoms with E-state index in [0.29, 0.717) is 13.1 Å². The molecule has 1 heterocycles. The van der Waals surface area contributed by atoms with E-state index < -0.39 is 22.3 Å². The highest BCUT2D eigenvalue weighted by Gasteiger charge is 2.33. The summed E-state index contributed by atoms with van der Waals surface area (Å²) in [6.45, 7) is 3.07. The van der Waals surface area contributed by atoms with Crippen molar-refractivity contribution in [2.24, 2.45) is 0 Å². The SMILES string of the molecule is CC1(OCC(=O)Nc2ccc([N+](=O)[O-])c(F)c2)CNC1. The van der Waals surface area contributed by atoms with Crippen LogP contribution in [0.2, 0.25) is 0 Å². The molecule has 1 saturated heterocycles. The molecule has 20 heavy (non-hydrogen) atoms. The number of carbonyl (C=O) groups excluding carboxylic acids is 1. The molecule has 2 N–H and O–H groups in total. The van der Waals surface area contributed by atoms with Gasteiger partial charge in [-0.05, 0) is 13.0 Å². The molecule has 1 aliphatic heterocycles. The molecule has 0 radical (unpaired) electrons. The van der Waals surface area contributed by atoms with E-state index in [9.17, 15) is 19.3 Å². The second kappa shape index (κ2) is 5.51. The third-order valence-corrected chi connectivity index (χ3v) is 2.98. The predicted octanol–water partition coefficient (Wildman–Crippen LogP) is 1.05. The fourth-order valence-electron chi connectivity index (χ4n) is 1.75. The van der Waals surface area contributed by atoms with Gasteiger partial charge in [-0.15, -0.1) is 0 Å². The van der Waals surface area contributed by atoms with E-state index >= 15 is 0 Å². The normalized spacial score (nSPS) is 16.3. The zero-order chi connectivity index (χ0) is 14.8. The van der Waals surface area contributed by atoms with Gasteiger partial charge >= 0.3 is 5.69 Å². The van der Waals surface area contributed by atoms with E-state index in [1.807, 2.05) is 6.92 Å². The maximum Gasteiger partial charge on any atom is 0.304 e. The fourth-order valence-corrected chi connectivity index (χ4v) is 1.75. The molecular weight excluding hydrogens is 269 g/mol. The van der Waals surface area contributed by atoms with Gasteiger partial charge in [0.05, 0.1) is 10.5 Å². The number of nitrogens with one attached hydrogen (secondary N) is 2. The Morgan fingerprint density at radius 2 is 2.30 bits per heavy atom. The lowest BCUT2D eigenvalue weighted by atomic mass is 10.0. The number of nitro groups is 1. The number of hydrogen-bond acceptors (Lipinski definition) is 5. The van der Waals surface area contributed by atoms with Gasteiger partial charge < -0.3 is 15.4 Å². The molecule has 2 rings (SSSR count). The highest BCUT2D eigenvalue weighted by atomic mass is 19.1. The van der Waals surface area contributed by atoms with Crippen molar-refractivity contribution in [1.82, 2.24) is 5.32 Å². The lowest BCUT2D eigenvalue weighted by molar-refractivity contribution is -0.387. The monoisotopic (exact) mass is 283 g/mol. The predicted molar refractivity (Wildman–Crippen MR) is 68.9 cm³/mol. The molecule has 1 aliphatic rings. The third-order valence-electron chi connectivity index (χ3n) is 2.98. The van der Waals surface area contributed by atoms with Crippen LogP contribution in [0.15, 0.2) is 18.2 Å². The molecule has 1 fully saturated rings. The number of carbonyl (C=O) groups is 1. The van der Waals surface area contributed by atoms with Gasteiger partial charge in [0.15, 0.2) is 0 Å². The van der Waals surface area contributed by atoms with Crippen molar-refractivity contribution in [2.75, 3.05) is 25.0 Å². The van der Waals surface area contributed by atoms with Crippen molar-refractivity contribution < 1.29 is 18.8 Å². The summed E-state index contributed by atoms with van der Waals surface area (Å²) in [4.78, 5) is 21.3. The number of nitrogens with zero attached hydrogens (tertiary/aromatic N) is 1. The number of amides is 1.